The normalized spacial score (nSPS) is 20.3. The van der Waals surface area contributed by atoms with E-state index in [9.17, 15) is 0 Å². The quantitative estimate of drug-likeness (QED) is 0.373. The number of oxime groups is 1. The van der Waals surface area contributed by atoms with E-state index in [2.05, 4.69) is 17.1 Å². The van der Waals surface area contributed by atoms with Gasteiger partial charge in [-0.15, -0.1) is 0 Å². The van der Waals surface area contributed by atoms with Gasteiger partial charge in [-0.1, -0.05) is 11.6 Å². The number of amidine groups is 1. The molecule has 1 aliphatic rings. The van der Waals surface area contributed by atoms with Gasteiger partial charge in [-0.2, -0.15) is 0 Å². The third-order valence-electron chi connectivity index (χ3n) is 3.93. The van der Waals surface area contributed by atoms with Crippen molar-refractivity contribution in [2.45, 2.75) is 25.3 Å². The summed E-state index contributed by atoms with van der Waals surface area (Å²) in [5.74, 6) is 1.28. The van der Waals surface area contributed by atoms with Gasteiger partial charge in [-0.25, -0.2) is 0 Å². The summed E-state index contributed by atoms with van der Waals surface area (Å²) in [5, 5.41) is 11.9. The standard InChI is InChI=1S/C15H23N3O3/c1-18-8-4-3-5-11(18)10-21-14-9-12(20-2)6-7-13(14)15(16)17-19/h6-7,9,11,19H,3-5,8,10H2,1-2H3,(H2,16,17). The monoisotopic (exact) mass is 293 g/mol. The minimum absolute atomic E-state index is 0.0321. The van der Waals surface area contributed by atoms with Crippen LogP contribution in [0.1, 0.15) is 24.8 Å². The Labute approximate surface area is 125 Å². The third kappa shape index (κ3) is 3.78. The number of likely N-dealkylation sites (N-methyl/N-ethyl adjacent to an activating group) is 1. The van der Waals surface area contributed by atoms with Gasteiger partial charge < -0.3 is 25.3 Å². The summed E-state index contributed by atoms with van der Waals surface area (Å²) in [5.41, 5.74) is 6.26. The van der Waals surface area contributed by atoms with Crippen molar-refractivity contribution >= 4 is 5.84 Å². The number of hydrogen-bond acceptors (Lipinski definition) is 5. The molecule has 6 nitrogen and oxygen atoms in total. The van der Waals surface area contributed by atoms with Crippen LogP contribution in [-0.4, -0.2) is 49.3 Å². The van der Waals surface area contributed by atoms with Crippen molar-refractivity contribution in [2.24, 2.45) is 10.9 Å². The molecule has 2 rings (SSSR count). The number of benzene rings is 1. The predicted molar refractivity (Wildman–Crippen MR) is 81.3 cm³/mol. The predicted octanol–water partition coefficient (Wildman–Crippen LogP) is 1.65. The fraction of sp³-hybridized carbons (Fsp3) is 0.533. The van der Waals surface area contributed by atoms with Crippen LogP contribution in [0.5, 0.6) is 11.5 Å². The molecule has 0 spiro atoms. The number of rotatable bonds is 5. The topological polar surface area (TPSA) is 80.3 Å². The molecule has 1 saturated heterocycles. The maximum absolute atomic E-state index is 8.87. The van der Waals surface area contributed by atoms with Crippen LogP contribution in [0, 0.1) is 0 Å². The number of likely N-dealkylation sites (tertiary alicyclic amines) is 1. The second-order valence-corrected chi connectivity index (χ2v) is 5.29. The Morgan fingerprint density at radius 3 is 2.95 bits per heavy atom. The molecule has 0 aromatic heterocycles. The van der Waals surface area contributed by atoms with E-state index in [1.54, 1.807) is 25.3 Å². The van der Waals surface area contributed by atoms with Gasteiger partial charge in [0, 0.05) is 12.1 Å². The zero-order chi connectivity index (χ0) is 15.2. The molecular formula is C15H23N3O3. The van der Waals surface area contributed by atoms with Gasteiger partial charge in [0.1, 0.15) is 18.1 Å². The summed E-state index contributed by atoms with van der Waals surface area (Å²) >= 11 is 0. The lowest BCUT2D eigenvalue weighted by Gasteiger charge is -2.32. The maximum atomic E-state index is 8.87. The Hall–Kier alpha value is -1.95. The lowest BCUT2D eigenvalue weighted by Crippen LogP contribution is -2.40. The first kappa shape index (κ1) is 15.4. The van der Waals surface area contributed by atoms with E-state index in [1.807, 2.05) is 0 Å². The van der Waals surface area contributed by atoms with Crippen LogP contribution in [-0.2, 0) is 0 Å². The van der Waals surface area contributed by atoms with E-state index in [1.165, 1.54) is 12.8 Å². The smallest absolute Gasteiger partial charge is 0.173 e. The molecule has 21 heavy (non-hydrogen) atoms. The van der Waals surface area contributed by atoms with E-state index < -0.39 is 0 Å². The highest BCUT2D eigenvalue weighted by atomic mass is 16.5. The molecule has 6 heteroatoms. The molecule has 116 valence electrons. The lowest BCUT2D eigenvalue weighted by molar-refractivity contribution is 0.125. The summed E-state index contributed by atoms with van der Waals surface area (Å²) < 4.78 is 11.1. The summed E-state index contributed by atoms with van der Waals surface area (Å²) in [6.45, 7) is 1.68. The van der Waals surface area contributed by atoms with Crippen LogP contribution in [0.2, 0.25) is 0 Å². The zero-order valence-corrected chi connectivity index (χ0v) is 12.6. The summed E-state index contributed by atoms with van der Waals surface area (Å²) in [6.07, 6.45) is 3.59. The first-order chi connectivity index (χ1) is 10.2. The fourth-order valence-electron chi connectivity index (χ4n) is 2.56. The van der Waals surface area contributed by atoms with Crippen molar-refractivity contribution in [3.05, 3.63) is 23.8 Å². The second-order valence-electron chi connectivity index (χ2n) is 5.29. The molecule has 0 aliphatic carbocycles. The van der Waals surface area contributed by atoms with Gasteiger partial charge >= 0.3 is 0 Å². The van der Waals surface area contributed by atoms with Crippen LogP contribution >= 0.6 is 0 Å². The molecule has 0 saturated carbocycles. The van der Waals surface area contributed by atoms with E-state index in [-0.39, 0.29) is 5.84 Å². The maximum Gasteiger partial charge on any atom is 0.173 e. The van der Waals surface area contributed by atoms with Crippen LogP contribution in [0.3, 0.4) is 0 Å². The average Bonchev–Trinajstić information content (AvgIpc) is 2.53. The van der Waals surface area contributed by atoms with Gasteiger partial charge in [0.2, 0.25) is 0 Å². The van der Waals surface area contributed by atoms with Gasteiger partial charge in [0.05, 0.1) is 12.7 Å². The van der Waals surface area contributed by atoms with Gasteiger partial charge in [-0.3, -0.25) is 0 Å². The summed E-state index contributed by atoms with van der Waals surface area (Å²) in [6, 6.07) is 5.64. The summed E-state index contributed by atoms with van der Waals surface area (Å²) in [7, 11) is 3.71. The highest BCUT2D eigenvalue weighted by Gasteiger charge is 2.20. The van der Waals surface area contributed by atoms with Crippen molar-refractivity contribution in [3.63, 3.8) is 0 Å². The molecule has 1 aliphatic heterocycles. The molecule has 0 radical (unpaired) electrons. The highest BCUT2D eigenvalue weighted by Crippen LogP contribution is 2.26. The van der Waals surface area contributed by atoms with E-state index in [0.717, 1.165) is 13.0 Å². The SMILES string of the molecule is COc1ccc(/C(N)=N/O)c(OCC2CCCCN2C)c1. The second kappa shape index (κ2) is 7.17. The van der Waals surface area contributed by atoms with Crippen molar-refractivity contribution in [1.82, 2.24) is 4.90 Å². The molecule has 1 unspecified atom stereocenters. The van der Waals surface area contributed by atoms with Crippen LogP contribution in [0.4, 0.5) is 0 Å². The van der Waals surface area contributed by atoms with Crippen LogP contribution in [0.25, 0.3) is 0 Å². The van der Waals surface area contributed by atoms with E-state index >= 15 is 0 Å². The van der Waals surface area contributed by atoms with Crippen LogP contribution in [0.15, 0.2) is 23.4 Å². The minimum atomic E-state index is 0.0321. The molecule has 3 N–H and O–H groups in total. The Kier molecular flexibility index (Phi) is 5.27. The molecule has 1 aromatic rings. The minimum Gasteiger partial charge on any atom is -0.497 e. The molecule has 1 heterocycles. The van der Waals surface area contributed by atoms with Crippen LogP contribution < -0.4 is 15.2 Å². The van der Waals surface area contributed by atoms with Crippen molar-refractivity contribution < 1.29 is 14.7 Å². The number of methoxy groups -OCH3 is 1. The number of nitrogens with two attached hydrogens (primary N) is 1. The third-order valence-corrected chi connectivity index (χ3v) is 3.93. The fourth-order valence-corrected chi connectivity index (χ4v) is 2.56. The molecule has 0 bridgehead atoms. The molecule has 1 atom stereocenters. The number of piperidine rings is 1. The van der Waals surface area contributed by atoms with Crippen molar-refractivity contribution in [3.8, 4) is 11.5 Å². The lowest BCUT2D eigenvalue weighted by atomic mass is 10.0. The number of nitrogens with zero attached hydrogens (tertiary/aromatic N) is 2. The van der Waals surface area contributed by atoms with Gasteiger partial charge in [0.15, 0.2) is 5.84 Å². The number of hydrogen-bond donors (Lipinski definition) is 2. The van der Waals surface area contributed by atoms with Crippen molar-refractivity contribution in [2.75, 3.05) is 27.3 Å². The zero-order valence-electron chi connectivity index (χ0n) is 12.6. The van der Waals surface area contributed by atoms with Gasteiger partial charge in [0.25, 0.3) is 0 Å². The molecular weight excluding hydrogens is 270 g/mol. The molecule has 0 amide bonds. The Morgan fingerprint density at radius 1 is 1.48 bits per heavy atom. The molecule has 1 fully saturated rings. The van der Waals surface area contributed by atoms with E-state index in [4.69, 9.17) is 20.4 Å². The molecule has 1 aromatic carbocycles. The van der Waals surface area contributed by atoms with Gasteiger partial charge in [-0.05, 0) is 38.6 Å². The average molecular weight is 293 g/mol. The Bertz CT molecular complexity index is 505. The van der Waals surface area contributed by atoms with E-state index in [0.29, 0.717) is 29.7 Å². The first-order valence-electron chi connectivity index (χ1n) is 7.14. The summed E-state index contributed by atoms with van der Waals surface area (Å²) in [4.78, 5) is 2.31. The Morgan fingerprint density at radius 2 is 2.29 bits per heavy atom. The first-order valence-corrected chi connectivity index (χ1v) is 7.14. The highest BCUT2D eigenvalue weighted by molar-refractivity contribution is 5.99. The largest absolute Gasteiger partial charge is 0.497 e. The Balaban J connectivity index is 2.13. The number of ether oxygens (including phenoxy) is 2. The van der Waals surface area contributed by atoms with Crippen molar-refractivity contribution in [1.29, 1.82) is 0 Å².